The van der Waals surface area contributed by atoms with Crippen LogP contribution in [0.15, 0.2) is 53.4 Å². The first-order valence-corrected chi connectivity index (χ1v) is 12.3. The van der Waals surface area contributed by atoms with E-state index < -0.39 is 33.6 Å². The van der Waals surface area contributed by atoms with Crippen LogP contribution in [0.1, 0.15) is 30.4 Å². The maximum absolute atomic E-state index is 12.9. The second-order valence-corrected chi connectivity index (χ2v) is 10.4. The minimum absolute atomic E-state index is 0.0183. The van der Waals surface area contributed by atoms with E-state index in [1.807, 2.05) is 0 Å². The molecule has 2 aliphatic rings. The fraction of sp³-hybridized carbons (Fsp3) is 0.391. The summed E-state index contributed by atoms with van der Waals surface area (Å²) in [6, 6.07) is 10.6. The fourth-order valence-electron chi connectivity index (χ4n) is 4.20. The average molecular weight is 496 g/mol. The van der Waals surface area contributed by atoms with Gasteiger partial charge in [-0.1, -0.05) is 12.1 Å². The van der Waals surface area contributed by atoms with Gasteiger partial charge in [-0.05, 0) is 54.8 Å². The van der Waals surface area contributed by atoms with Crippen molar-refractivity contribution in [2.75, 3.05) is 25.0 Å². The van der Waals surface area contributed by atoms with Gasteiger partial charge in [0.2, 0.25) is 21.8 Å². The summed E-state index contributed by atoms with van der Waals surface area (Å²) in [5.41, 5.74) is -0.0608. The summed E-state index contributed by atoms with van der Waals surface area (Å²) in [6.45, 7) is 1.05. The minimum atomic E-state index is -4.48. The zero-order valence-electron chi connectivity index (χ0n) is 18.2. The van der Waals surface area contributed by atoms with Crippen LogP contribution in [0, 0.1) is 5.92 Å². The van der Waals surface area contributed by atoms with Crippen molar-refractivity contribution in [2.45, 2.75) is 36.9 Å². The molecule has 2 aromatic carbocycles. The standard InChI is InChI=1S/C23H24F3N3O4S/c24-23(25,26)18-5-3-4-16(12-18)14-28-15-17(13-21(28)30)22(31)27-19-6-8-20(9-7-19)34(32,33)29-10-1-2-11-29/h3-9,12,17H,1-2,10-11,13-15H2,(H,27,31). The van der Waals surface area contributed by atoms with Crippen molar-refractivity contribution in [3.63, 3.8) is 0 Å². The van der Waals surface area contributed by atoms with Crippen LogP contribution in [0.4, 0.5) is 18.9 Å². The normalized spacial score (nSPS) is 19.6. The van der Waals surface area contributed by atoms with Crippen LogP contribution in [-0.4, -0.2) is 49.1 Å². The topological polar surface area (TPSA) is 86.8 Å². The highest BCUT2D eigenvalue weighted by molar-refractivity contribution is 7.89. The molecule has 2 saturated heterocycles. The molecular formula is C23H24F3N3O4S. The molecule has 2 amide bonds. The average Bonchev–Trinajstić information content (AvgIpc) is 3.45. The van der Waals surface area contributed by atoms with E-state index in [9.17, 15) is 31.2 Å². The van der Waals surface area contributed by atoms with Crippen LogP contribution in [0.2, 0.25) is 0 Å². The van der Waals surface area contributed by atoms with Crippen LogP contribution in [0.5, 0.6) is 0 Å². The molecule has 0 aliphatic carbocycles. The second-order valence-electron chi connectivity index (χ2n) is 8.50. The van der Waals surface area contributed by atoms with Gasteiger partial charge >= 0.3 is 6.18 Å². The summed E-state index contributed by atoms with van der Waals surface area (Å²) in [6.07, 6.45) is -2.86. The molecule has 11 heteroatoms. The van der Waals surface area contributed by atoms with E-state index in [0.717, 1.165) is 25.0 Å². The van der Waals surface area contributed by atoms with Crippen LogP contribution in [0.3, 0.4) is 0 Å². The predicted octanol–water partition coefficient (Wildman–Crippen LogP) is 3.48. The van der Waals surface area contributed by atoms with Crippen molar-refractivity contribution in [1.82, 2.24) is 9.21 Å². The van der Waals surface area contributed by atoms with Crippen LogP contribution in [-0.2, 0) is 32.3 Å². The van der Waals surface area contributed by atoms with Crippen molar-refractivity contribution < 1.29 is 31.2 Å². The molecule has 2 fully saturated rings. The summed E-state index contributed by atoms with van der Waals surface area (Å²) in [4.78, 5) is 26.5. The van der Waals surface area contributed by atoms with Crippen molar-refractivity contribution in [2.24, 2.45) is 5.92 Å². The molecule has 0 aromatic heterocycles. The number of halogens is 3. The molecule has 182 valence electrons. The third kappa shape index (κ3) is 5.25. The van der Waals surface area contributed by atoms with E-state index in [1.165, 1.54) is 45.6 Å². The first kappa shape index (κ1) is 24.2. The van der Waals surface area contributed by atoms with Crippen molar-refractivity contribution in [1.29, 1.82) is 0 Å². The Balaban J connectivity index is 1.37. The SMILES string of the molecule is O=C(Nc1ccc(S(=O)(=O)N2CCCC2)cc1)C1CC(=O)N(Cc2cccc(C(F)(F)F)c2)C1. The van der Waals surface area contributed by atoms with Gasteiger partial charge in [0, 0.05) is 38.3 Å². The summed E-state index contributed by atoms with van der Waals surface area (Å²) in [7, 11) is -3.56. The quantitative estimate of drug-likeness (QED) is 0.665. The molecule has 34 heavy (non-hydrogen) atoms. The van der Waals surface area contributed by atoms with Gasteiger partial charge in [0.05, 0.1) is 16.4 Å². The van der Waals surface area contributed by atoms with Crippen molar-refractivity contribution >= 4 is 27.5 Å². The molecule has 0 spiro atoms. The number of sulfonamides is 1. The zero-order valence-corrected chi connectivity index (χ0v) is 19.0. The lowest BCUT2D eigenvalue weighted by Crippen LogP contribution is -2.28. The lowest BCUT2D eigenvalue weighted by atomic mass is 10.1. The Labute approximate surface area is 195 Å². The van der Waals surface area contributed by atoms with Gasteiger partial charge in [-0.3, -0.25) is 9.59 Å². The third-order valence-corrected chi connectivity index (χ3v) is 7.95. The summed E-state index contributed by atoms with van der Waals surface area (Å²) in [5, 5.41) is 2.69. The van der Waals surface area contributed by atoms with Crippen LogP contribution in [0.25, 0.3) is 0 Å². The minimum Gasteiger partial charge on any atom is -0.338 e. The molecule has 0 bridgehead atoms. The van der Waals surface area contributed by atoms with Gasteiger partial charge in [0.15, 0.2) is 0 Å². The van der Waals surface area contributed by atoms with Crippen LogP contribution < -0.4 is 5.32 Å². The van der Waals surface area contributed by atoms with Gasteiger partial charge in [0.25, 0.3) is 0 Å². The maximum Gasteiger partial charge on any atom is 0.416 e. The molecule has 2 aliphatic heterocycles. The Kier molecular flexibility index (Phi) is 6.68. The van der Waals surface area contributed by atoms with E-state index in [1.54, 1.807) is 0 Å². The fourth-order valence-corrected chi connectivity index (χ4v) is 5.72. The van der Waals surface area contributed by atoms with Crippen LogP contribution >= 0.6 is 0 Å². The number of hydrogen-bond acceptors (Lipinski definition) is 4. The molecule has 1 unspecified atom stereocenters. The Hall–Kier alpha value is -2.92. The number of benzene rings is 2. The second kappa shape index (κ2) is 9.38. The number of alkyl halides is 3. The van der Waals surface area contributed by atoms with E-state index in [4.69, 9.17) is 0 Å². The summed E-state index contributed by atoms with van der Waals surface area (Å²) < 4.78 is 65.4. The molecular weight excluding hydrogens is 471 g/mol. The Morgan fingerprint density at radius 2 is 1.74 bits per heavy atom. The number of amides is 2. The van der Waals surface area contributed by atoms with Crippen molar-refractivity contribution in [3.05, 3.63) is 59.7 Å². The van der Waals surface area contributed by atoms with Gasteiger partial charge in [-0.15, -0.1) is 0 Å². The molecule has 0 saturated carbocycles. The number of rotatable bonds is 6. The molecule has 2 aromatic rings. The number of nitrogens with one attached hydrogen (secondary N) is 1. The highest BCUT2D eigenvalue weighted by Crippen LogP contribution is 2.30. The Bertz CT molecular complexity index is 1180. The molecule has 7 nitrogen and oxygen atoms in total. The lowest BCUT2D eigenvalue weighted by Gasteiger charge is -2.18. The first-order chi connectivity index (χ1) is 16.0. The lowest BCUT2D eigenvalue weighted by molar-refractivity contribution is -0.137. The van der Waals surface area contributed by atoms with Crippen molar-refractivity contribution in [3.8, 4) is 0 Å². The number of nitrogens with zero attached hydrogens (tertiary/aromatic N) is 2. The van der Waals surface area contributed by atoms with E-state index >= 15 is 0 Å². The Morgan fingerprint density at radius 1 is 1.06 bits per heavy atom. The number of carbonyl (C=O) groups excluding carboxylic acids is 2. The van der Waals surface area contributed by atoms with Gasteiger partial charge in [0.1, 0.15) is 0 Å². The monoisotopic (exact) mass is 495 g/mol. The summed E-state index contributed by atoms with van der Waals surface area (Å²) >= 11 is 0. The molecule has 2 heterocycles. The maximum atomic E-state index is 12.9. The first-order valence-electron chi connectivity index (χ1n) is 10.9. The van der Waals surface area contributed by atoms with E-state index in [2.05, 4.69) is 5.32 Å². The molecule has 1 N–H and O–H groups in total. The van der Waals surface area contributed by atoms with E-state index in [-0.39, 0.29) is 30.3 Å². The third-order valence-electron chi connectivity index (χ3n) is 6.04. The molecule has 4 rings (SSSR count). The van der Waals surface area contributed by atoms with Gasteiger partial charge in [-0.25, -0.2) is 8.42 Å². The van der Waals surface area contributed by atoms with E-state index in [0.29, 0.717) is 24.3 Å². The number of likely N-dealkylation sites (tertiary alicyclic amines) is 1. The predicted molar refractivity (Wildman–Crippen MR) is 118 cm³/mol. The number of hydrogen-bond donors (Lipinski definition) is 1. The van der Waals surface area contributed by atoms with Gasteiger partial charge < -0.3 is 10.2 Å². The number of carbonyl (C=O) groups is 2. The smallest absolute Gasteiger partial charge is 0.338 e. The largest absolute Gasteiger partial charge is 0.416 e. The highest BCUT2D eigenvalue weighted by atomic mass is 32.2. The number of anilines is 1. The zero-order chi connectivity index (χ0) is 24.5. The summed E-state index contributed by atoms with van der Waals surface area (Å²) in [5.74, 6) is -1.38. The molecule has 1 atom stereocenters. The Morgan fingerprint density at radius 3 is 2.38 bits per heavy atom. The van der Waals surface area contributed by atoms with Gasteiger partial charge in [-0.2, -0.15) is 17.5 Å². The molecule has 0 radical (unpaired) electrons. The highest BCUT2D eigenvalue weighted by Gasteiger charge is 2.35.